The molecule has 0 amide bonds. The van der Waals surface area contributed by atoms with Gasteiger partial charge in [-0.15, -0.1) is 0 Å². The molecule has 110 valence electrons. The Morgan fingerprint density at radius 1 is 0.950 bits per heavy atom. The fourth-order valence-electron chi connectivity index (χ4n) is 5.42. The zero-order valence-corrected chi connectivity index (χ0v) is 12.7. The molecule has 0 aromatic heterocycles. The lowest BCUT2D eigenvalue weighted by Gasteiger charge is -2.54. The van der Waals surface area contributed by atoms with Crippen LogP contribution < -0.4 is 0 Å². The summed E-state index contributed by atoms with van der Waals surface area (Å²) in [5.74, 6) is 3.64. The molecular formula is C16H23NO2S. The minimum absolute atomic E-state index is 0.248. The van der Waals surface area contributed by atoms with Gasteiger partial charge in [-0.3, -0.25) is 4.79 Å². The summed E-state index contributed by atoms with van der Waals surface area (Å²) < 4.78 is 5.36. The molecule has 3 nitrogen and oxygen atoms in total. The molecule has 4 aliphatic carbocycles. The first kappa shape index (κ1) is 13.2. The first-order chi connectivity index (χ1) is 9.72. The van der Waals surface area contributed by atoms with Crippen molar-refractivity contribution in [3.8, 4) is 0 Å². The number of nitrogens with zero attached hydrogens (tertiary/aromatic N) is 1. The van der Waals surface area contributed by atoms with Crippen molar-refractivity contribution in [1.82, 2.24) is 4.90 Å². The average molecular weight is 293 g/mol. The van der Waals surface area contributed by atoms with Crippen LogP contribution in [0.5, 0.6) is 0 Å². The third kappa shape index (κ3) is 2.12. The predicted octanol–water partition coefficient (Wildman–Crippen LogP) is 2.29. The number of thiocarbonyl (C=S) groups is 1. The van der Waals surface area contributed by atoms with Gasteiger partial charge >= 0.3 is 0 Å². The summed E-state index contributed by atoms with van der Waals surface area (Å²) in [6.07, 6.45) is 6.58. The molecule has 1 saturated heterocycles. The minimum Gasteiger partial charge on any atom is -0.378 e. The van der Waals surface area contributed by atoms with Crippen LogP contribution in [0.1, 0.15) is 32.1 Å². The van der Waals surface area contributed by atoms with E-state index in [0.717, 1.165) is 24.9 Å². The maximum atomic E-state index is 12.9. The van der Waals surface area contributed by atoms with Gasteiger partial charge in [-0.05, 0) is 55.8 Å². The molecule has 5 aliphatic rings. The van der Waals surface area contributed by atoms with Crippen LogP contribution in [0.3, 0.4) is 0 Å². The molecular weight excluding hydrogens is 270 g/mol. The summed E-state index contributed by atoms with van der Waals surface area (Å²) in [7, 11) is 0. The van der Waals surface area contributed by atoms with Crippen molar-refractivity contribution in [3.05, 3.63) is 0 Å². The van der Waals surface area contributed by atoms with Crippen LogP contribution in [-0.2, 0) is 9.53 Å². The zero-order valence-electron chi connectivity index (χ0n) is 11.9. The van der Waals surface area contributed by atoms with Crippen molar-refractivity contribution in [2.75, 3.05) is 26.3 Å². The van der Waals surface area contributed by atoms with E-state index in [1.807, 2.05) is 0 Å². The van der Waals surface area contributed by atoms with E-state index in [1.165, 1.54) is 32.1 Å². The normalized spacial score (nSPS) is 42.8. The van der Waals surface area contributed by atoms with Crippen molar-refractivity contribution < 1.29 is 9.53 Å². The van der Waals surface area contributed by atoms with Gasteiger partial charge in [-0.2, -0.15) is 0 Å². The highest BCUT2D eigenvalue weighted by Crippen LogP contribution is 2.56. The number of hydrogen-bond donors (Lipinski definition) is 0. The number of carbonyl (C=O) groups is 1. The molecule has 0 N–H and O–H groups in total. The molecule has 4 bridgehead atoms. The van der Waals surface area contributed by atoms with E-state index >= 15 is 0 Å². The Balaban J connectivity index is 1.49. The highest BCUT2D eigenvalue weighted by atomic mass is 32.1. The van der Waals surface area contributed by atoms with Gasteiger partial charge in [-0.25, -0.2) is 0 Å². The van der Waals surface area contributed by atoms with Crippen molar-refractivity contribution in [3.63, 3.8) is 0 Å². The molecule has 0 atom stereocenters. The fourth-order valence-corrected chi connectivity index (χ4v) is 5.74. The second kappa shape index (κ2) is 5.06. The number of ether oxygens (including phenoxy) is 1. The van der Waals surface area contributed by atoms with Crippen molar-refractivity contribution in [2.45, 2.75) is 32.1 Å². The van der Waals surface area contributed by atoms with Crippen molar-refractivity contribution in [1.29, 1.82) is 0 Å². The third-order valence-corrected chi connectivity index (χ3v) is 6.50. The highest BCUT2D eigenvalue weighted by molar-refractivity contribution is 7.82. The largest absolute Gasteiger partial charge is 0.378 e. The third-order valence-electron chi connectivity index (χ3n) is 6.04. The van der Waals surface area contributed by atoms with Gasteiger partial charge in [0.2, 0.25) is 0 Å². The van der Waals surface area contributed by atoms with Crippen molar-refractivity contribution in [2.24, 2.45) is 29.6 Å². The summed E-state index contributed by atoms with van der Waals surface area (Å²) in [6, 6.07) is 0. The van der Waals surface area contributed by atoms with E-state index < -0.39 is 0 Å². The SMILES string of the molecule is O=C(C(=S)N1CCOCC1)C1C2CC3CC(C2)CC1C3. The molecule has 0 aromatic carbocycles. The molecule has 0 aromatic rings. The molecule has 20 heavy (non-hydrogen) atoms. The smallest absolute Gasteiger partial charge is 0.193 e. The van der Waals surface area contributed by atoms with E-state index in [9.17, 15) is 4.79 Å². The summed E-state index contributed by atoms with van der Waals surface area (Å²) >= 11 is 5.52. The van der Waals surface area contributed by atoms with E-state index in [1.54, 1.807) is 0 Å². The Kier molecular flexibility index (Phi) is 3.34. The fraction of sp³-hybridized carbons (Fsp3) is 0.875. The Bertz CT molecular complexity index is 402. The molecule has 4 heteroatoms. The number of morpholine rings is 1. The summed E-state index contributed by atoms with van der Waals surface area (Å²) in [4.78, 5) is 15.6. The van der Waals surface area contributed by atoms with Gasteiger partial charge in [0, 0.05) is 19.0 Å². The van der Waals surface area contributed by atoms with Crippen LogP contribution in [0.4, 0.5) is 0 Å². The van der Waals surface area contributed by atoms with Gasteiger partial charge in [0.25, 0.3) is 0 Å². The predicted molar refractivity (Wildman–Crippen MR) is 80.5 cm³/mol. The molecule has 1 heterocycles. The van der Waals surface area contributed by atoms with E-state index in [-0.39, 0.29) is 11.7 Å². The monoisotopic (exact) mass is 293 g/mol. The number of Topliss-reactive ketones (excluding diaryl/α,β-unsaturated/α-hetero) is 1. The second-order valence-electron chi connectivity index (χ2n) is 7.23. The van der Waals surface area contributed by atoms with Gasteiger partial charge < -0.3 is 9.64 Å². The quantitative estimate of drug-likeness (QED) is 0.731. The van der Waals surface area contributed by atoms with Gasteiger partial charge in [0.15, 0.2) is 5.78 Å². The highest BCUT2D eigenvalue weighted by Gasteiger charge is 2.51. The number of rotatable bonds is 2. The Labute approximate surface area is 126 Å². The van der Waals surface area contributed by atoms with Gasteiger partial charge in [-0.1, -0.05) is 12.2 Å². The minimum atomic E-state index is 0.248. The summed E-state index contributed by atoms with van der Waals surface area (Å²) in [5, 5.41) is 0. The van der Waals surface area contributed by atoms with Crippen LogP contribution in [0.15, 0.2) is 0 Å². The van der Waals surface area contributed by atoms with Crippen LogP contribution in [0.2, 0.25) is 0 Å². The molecule has 5 fully saturated rings. The molecule has 0 radical (unpaired) electrons. The maximum absolute atomic E-state index is 12.9. The molecule has 4 saturated carbocycles. The lowest BCUT2D eigenvalue weighted by Crippen LogP contribution is -2.52. The van der Waals surface area contributed by atoms with Gasteiger partial charge in [0.05, 0.1) is 13.2 Å². The number of carbonyl (C=O) groups excluding carboxylic acids is 1. The second-order valence-corrected chi connectivity index (χ2v) is 7.61. The van der Waals surface area contributed by atoms with E-state index in [0.29, 0.717) is 30.0 Å². The summed E-state index contributed by atoms with van der Waals surface area (Å²) in [6.45, 7) is 2.99. The Morgan fingerprint density at radius 3 is 2.05 bits per heavy atom. The number of hydrogen-bond acceptors (Lipinski definition) is 3. The van der Waals surface area contributed by atoms with Gasteiger partial charge in [0.1, 0.15) is 4.99 Å². The van der Waals surface area contributed by atoms with E-state index in [2.05, 4.69) is 4.90 Å². The zero-order chi connectivity index (χ0) is 13.7. The maximum Gasteiger partial charge on any atom is 0.193 e. The lowest BCUT2D eigenvalue weighted by atomic mass is 9.51. The lowest BCUT2D eigenvalue weighted by molar-refractivity contribution is -0.129. The van der Waals surface area contributed by atoms with Crippen molar-refractivity contribution >= 4 is 23.0 Å². The Morgan fingerprint density at radius 2 is 1.50 bits per heavy atom. The number of ketones is 1. The molecule has 0 spiro atoms. The molecule has 5 rings (SSSR count). The van der Waals surface area contributed by atoms with Crippen LogP contribution in [0.25, 0.3) is 0 Å². The Hall–Kier alpha value is -0.480. The summed E-state index contributed by atoms with van der Waals surface area (Å²) in [5.41, 5.74) is 0. The topological polar surface area (TPSA) is 29.5 Å². The average Bonchev–Trinajstić information content (AvgIpc) is 2.46. The molecule has 0 unspecified atom stereocenters. The first-order valence-corrected chi connectivity index (χ1v) is 8.54. The van der Waals surface area contributed by atoms with Crippen LogP contribution >= 0.6 is 12.2 Å². The molecule has 1 aliphatic heterocycles. The first-order valence-electron chi connectivity index (χ1n) is 8.13. The standard InChI is InChI=1S/C16H23NO2S/c18-15(16(20)17-1-3-19-4-2-17)14-12-6-10-5-11(8-12)9-13(14)7-10/h10-14H,1-9H2. The van der Waals surface area contributed by atoms with Crippen LogP contribution in [0, 0.1) is 29.6 Å². The van der Waals surface area contributed by atoms with E-state index in [4.69, 9.17) is 17.0 Å². The van der Waals surface area contributed by atoms with Crippen LogP contribution in [-0.4, -0.2) is 42.0 Å².